The number of amides is 2. The topological polar surface area (TPSA) is 105 Å². The molecule has 0 heterocycles. The van der Waals surface area contributed by atoms with Gasteiger partial charge in [0.25, 0.3) is 0 Å². The maximum atomic E-state index is 11.8. The molecule has 0 saturated heterocycles. The van der Waals surface area contributed by atoms with Gasteiger partial charge in [-0.3, -0.25) is 4.79 Å². The van der Waals surface area contributed by atoms with Gasteiger partial charge in [-0.25, -0.2) is 4.79 Å². The Labute approximate surface area is 181 Å². The highest BCUT2D eigenvalue weighted by atomic mass is 35.5. The van der Waals surface area contributed by atoms with Crippen molar-refractivity contribution in [3.8, 4) is 11.1 Å². The number of nitrogen functional groups attached to an aromatic ring is 1. The summed E-state index contributed by atoms with van der Waals surface area (Å²) < 4.78 is 4.76. The van der Waals surface area contributed by atoms with E-state index in [2.05, 4.69) is 16.0 Å². The molecule has 2 amide bonds. The molecule has 1 saturated carbocycles. The van der Waals surface area contributed by atoms with Crippen LogP contribution in [0.15, 0.2) is 36.4 Å². The van der Waals surface area contributed by atoms with Crippen LogP contribution in [0.25, 0.3) is 11.1 Å². The lowest BCUT2D eigenvalue weighted by Gasteiger charge is -2.14. The summed E-state index contributed by atoms with van der Waals surface area (Å²) in [5.41, 5.74) is 10.4. The minimum Gasteiger partial charge on any atom is -0.465 e. The summed E-state index contributed by atoms with van der Waals surface area (Å²) in [5, 5.41) is 9.05. The quantitative estimate of drug-likeness (QED) is 0.358. The maximum absolute atomic E-state index is 11.8. The third-order valence-corrected chi connectivity index (χ3v) is 5.28. The molecule has 1 aliphatic rings. The molecule has 1 aliphatic carbocycles. The van der Waals surface area contributed by atoms with Crippen LogP contribution in [0.2, 0.25) is 5.02 Å². The van der Waals surface area contributed by atoms with Crippen molar-refractivity contribution < 1.29 is 14.3 Å². The number of hydrogen-bond donors (Lipinski definition) is 4. The van der Waals surface area contributed by atoms with E-state index in [4.69, 9.17) is 22.1 Å². The Kier molecular flexibility index (Phi) is 7.41. The molecule has 0 radical (unpaired) electrons. The standard InChI is InChI=1S/C22H27ClN4O3/c1-2-30-19(28)13-27-22(29)26-12-15-5-7-16(8-6-15)17-9-10-18(21(24)20(17)23)25-11-14-3-4-14/h5-10,14,25H,2-4,11-13,24H2,1H3,(H2,26,27,29). The van der Waals surface area contributed by atoms with Gasteiger partial charge in [-0.05, 0) is 42.9 Å². The smallest absolute Gasteiger partial charge is 0.325 e. The third kappa shape index (κ3) is 6.03. The van der Waals surface area contributed by atoms with Crippen LogP contribution in [0, 0.1) is 5.92 Å². The first-order valence-electron chi connectivity index (χ1n) is 10.1. The fourth-order valence-corrected chi connectivity index (χ4v) is 3.23. The van der Waals surface area contributed by atoms with E-state index >= 15 is 0 Å². The molecular formula is C22H27ClN4O3. The first-order valence-corrected chi connectivity index (χ1v) is 10.4. The number of benzene rings is 2. The van der Waals surface area contributed by atoms with Gasteiger partial charge in [-0.15, -0.1) is 0 Å². The molecule has 0 atom stereocenters. The Bertz CT molecular complexity index is 898. The number of carbonyl (C=O) groups excluding carboxylic acids is 2. The molecule has 0 aliphatic heterocycles. The summed E-state index contributed by atoms with van der Waals surface area (Å²) in [7, 11) is 0. The molecule has 30 heavy (non-hydrogen) atoms. The van der Waals surface area contributed by atoms with Gasteiger partial charge in [0.05, 0.1) is 23.0 Å². The lowest BCUT2D eigenvalue weighted by molar-refractivity contribution is -0.141. The van der Waals surface area contributed by atoms with E-state index in [1.165, 1.54) is 12.8 Å². The van der Waals surface area contributed by atoms with E-state index in [1.54, 1.807) is 6.92 Å². The number of nitrogens with one attached hydrogen (secondary N) is 3. The van der Waals surface area contributed by atoms with E-state index in [1.807, 2.05) is 36.4 Å². The fraction of sp³-hybridized carbons (Fsp3) is 0.364. The van der Waals surface area contributed by atoms with Crippen LogP contribution in [0.1, 0.15) is 25.3 Å². The Hall–Kier alpha value is -2.93. The lowest BCUT2D eigenvalue weighted by atomic mass is 10.0. The number of ether oxygens (including phenoxy) is 1. The Morgan fingerprint density at radius 1 is 1.13 bits per heavy atom. The second-order valence-electron chi connectivity index (χ2n) is 7.25. The molecule has 7 nitrogen and oxygen atoms in total. The highest BCUT2D eigenvalue weighted by Crippen LogP contribution is 2.38. The maximum Gasteiger partial charge on any atom is 0.325 e. The van der Waals surface area contributed by atoms with Crippen molar-refractivity contribution in [3.63, 3.8) is 0 Å². The van der Waals surface area contributed by atoms with Crippen molar-refractivity contribution in [2.24, 2.45) is 5.92 Å². The van der Waals surface area contributed by atoms with Gasteiger partial charge >= 0.3 is 12.0 Å². The minimum atomic E-state index is -0.470. The predicted molar refractivity (Wildman–Crippen MR) is 119 cm³/mol. The molecule has 0 unspecified atom stereocenters. The summed E-state index contributed by atoms with van der Waals surface area (Å²) in [6.07, 6.45) is 2.54. The summed E-state index contributed by atoms with van der Waals surface area (Å²) in [4.78, 5) is 23.0. The number of hydrogen-bond acceptors (Lipinski definition) is 5. The molecule has 2 aromatic rings. The van der Waals surface area contributed by atoms with E-state index in [0.717, 1.165) is 34.8 Å². The summed E-state index contributed by atoms with van der Waals surface area (Å²) in [5.74, 6) is 0.276. The highest BCUT2D eigenvalue weighted by molar-refractivity contribution is 6.36. The van der Waals surface area contributed by atoms with E-state index in [9.17, 15) is 9.59 Å². The first-order chi connectivity index (χ1) is 14.5. The van der Waals surface area contributed by atoms with Crippen molar-refractivity contribution in [1.29, 1.82) is 0 Å². The number of urea groups is 1. The second kappa shape index (κ2) is 10.2. The summed E-state index contributed by atoms with van der Waals surface area (Å²) in [6, 6.07) is 11.2. The van der Waals surface area contributed by atoms with E-state index < -0.39 is 12.0 Å². The average molecular weight is 431 g/mol. The number of carbonyl (C=O) groups is 2. The van der Waals surface area contributed by atoms with Crippen molar-refractivity contribution >= 4 is 35.0 Å². The van der Waals surface area contributed by atoms with Crippen molar-refractivity contribution in [2.45, 2.75) is 26.3 Å². The van der Waals surface area contributed by atoms with E-state index in [0.29, 0.717) is 17.3 Å². The Morgan fingerprint density at radius 2 is 1.87 bits per heavy atom. The Morgan fingerprint density at radius 3 is 2.53 bits per heavy atom. The molecule has 0 spiro atoms. The van der Waals surface area contributed by atoms with Crippen molar-refractivity contribution in [3.05, 3.63) is 47.0 Å². The zero-order valence-corrected chi connectivity index (χ0v) is 17.7. The van der Waals surface area contributed by atoms with Crippen LogP contribution in [0.5, 0.6) is 0 Å². The highest BCUT2D eigenvalue weighted by Gasteiger charge is 2.21. The van der Waals surface area contributed by atoms with Gasteiger partial charge in [0.1, 0.15) is 6.54 Å². The normalized spacial score (nSPS) is 12.9. The monoisotopic (exact) mass is 430 g/mol. The molecule has 0 aromatic heterocycles. The van der Waals surface area contributed by atoms with Crippen LogP contribution in [-0.2, 0) is 16.1 Å². The molecule has 160 valence electrons. The van der Waals surface area contributed by atoms with Gasteiger partial charge in [-0.1, -0.05) is 41.9 Å². The molecule has 5 N–H and O–H groups in total. The first kappa shape index (κ1) is 21.8. The van der Waals surface area contributed by atoms with Gasteiger partial charge in [0, 0.05) is 18.7 Å². The SMILES string of the molecule is CCOC(=O)CNC(=O)NCc1ccc(-c2ccc(NCC3CC3)c(N)c2Cl)cc1. The largest absolute Gasteiger partial charge is 0.465 e. The van der Waals surface area contributed by atoms with Crippen LogP contribution in [0.3, 0.4) is 0 Å². The average Bonchev–Trinajstić information content (AvgIpc) is 3.57. The van der Waals surface area contributed by atoms with E-state index in [-0.39, 0.29) is 13.2 Å². The second-order valence-corrected chi connectivity index (χ2v) is 7.63. The third-order valence-electron chi connectivity index (χ3n) is 4.87. The number of anilines is 2. The fourth-order valence-electron chi connectivity index (χ4n) is 2.96. The summed E-state index contributed by atoms with van der Waals surface area (Å²) >= 11 is 6.52. The number of rotatable bonds is 9. The number of halogens is 1. The van der Waals surface area contributed by atoms with Crippen molar-refractivity contribution in [2.75, 3.05) is 30.7 Å². The molecule has 1 fully saturated rings. The Balaban J connectivity index is 1.55. The van der Waals surface area contributed by atoms with Crippen LogP contribution in [0.4, 0.5) is 16.2 Å². The molecular weight excluding hydrogens is 404 g/mol. The van der Waals surface area contributed by atoms with Crippen LogP contribution in [-0.4, -0.2) is 31.7 Å². The minimum absolute atomic E-state index is 0.163. The lowest BCUT2D eigenvalue weighted by Crippen LogP contribution is -2.38. The zero-order chi connectivity index (χ0) is 21.5. The van der Waals surface area contributed by atoms with Gasteiger partial charge in [-0.2, -0.15) is 0 Å². The number of nitrogens with two attached hydrogens (primary N) is 1. The number of esters is 1. The zero-order valence-electron chi connectivity index (χ0n) is 17.0. The molecule has 0 bridgehead atoms. The predicted octanol–water partition coefficient (Wildman–Crippen LogP) is 3.77. The van der Waals surface area contributed by atoms with Gasteiger partial charge in [0.2, 0.25) is 0 Å². The molecule has 3 rings (SSSR count). The van der Waals surface area contributed by atoms with Crippen LogP contribution < -0.4 is 21.7 Å². The van der Waals surface area contributed by atoms with Gasteiger partial charge < -0.3 is 26.4 Å². The van der Waals surface area contributed by atoms with Gasteiger partial charge in [0.15, 0.2) is 0 Å². The van der Waals surface area contributed by atoms with Crippen molar-refractivity contribution in [1.82, 2.24) is 10.6 Å². The molecule has 8 heteroatoms. The summed E-state index contributed by atoms with van der Waals surface area (Å²) in [6.45, 7) is 3.08. The molecule has 2 aromatic carbocycles. The van der Waals surface area contributed by atoms with Crippen LogP contribution >= 0.6 is 11.6 Å².